The number of hydrogen-bond acceptors (Lipinski definition) is 5. The van der Waals surface area contributed by atoms with Crippen LogP contribution in [0.25, 0.3) is 0 Å². The predicted octanol–water partition coefficient (Wildman–Crippen LogP) is 1.67. The average molecular weight is 321 g/mol. The van der Waals surface area contributed by atoms with Gasteiger partial charge >= 0.3 is 0 Å². The Hall–Kier alpha value is -3.17. The van der Waals surface area contributed by atoms with Crippen molar-refractivity contribution in [2.45, 2.75) is 13.0 Å². The summed E-state index contributed by atoms with van der Waals surface area (Å²) in [7, 11) is 0. The van der Waals surface area contributed by atoms with E-state index in [9.17, 15) is 4.79 Å². The summed E-state index contributed by atoms with van der Waals surface area (Å²) in [6.07, 6.45) is 4.79. The Kier molecular flexibility index (Phi) is 4.84. The van der Waals surface area contributed by atoms with Crippen LogP contribution in [0.1, 0.15) is 33.2 Å². The van der Waals surface area contributed by atoms with Gasteiger partial charge in [-0.2, -0.15) is 0 Å². The molecule has 0 aliphatic carbocycles. The summed E-state index contributed by atoms with van der Waals surface area (Å²) in [5, 5.41) is 13.0. The number of aliphatic hydroxyl groups is 1. The van der Waals surface area contributed by atoms with Gasteiger partial charge in [-0.15, -0.1) is 0 Å². The molecule has 24 heavy (non-hydrogen) atoms. The highest BCUT2D eigenvalue weighted by molar-refractivity contribution is 5.75. The second kappa shape index (κ2) is 7.40. The zero-order chi connectivity index (χ0) is 16.8. The molecule has 0 aliphatic rings. The average Bonchev–Trinajstić information content (AvgIpc) is 3.24. The van der Waals surface area contributed by atoms with E-state index < -0.39 is 0 Å². The van der Waals surface area contributed by atoms with E-state index in [-0.39, 0.29) is 6.61 Å². The Morgan fingerprint density at radius 2 is 2.21 bits per heavy atom. The third-order valence-electron chi connectivity index (χ3n) is 3.38. The normalized spacial score (nSPS) is 10.2. The van der Waals surface area contributed by atoms with Crippen molar-refractivity contribution in [3.63, 3.8) is 0 Å². The highest BCUT2D eigenvalue weighted by Crippen LogP contribution is 2.08. The van der Waals surface area contributed by atoms with Crippen molar-refractivity contribution in [1.29, 1.82) is 0 Å². The molecule has 0 fully saturated rings. The molecule has 0 saturated carbocycles. The Morgan fingerprint density at radius 1 is 1.29 bits per heavy atom. The minimum atomic E-state index is 0.0480. The third kappa shape index (κ3) is 3.77. The fourth-order valence-electron chi connectivity index (χ4n) is 2.26. The van der Waals surface area contributed by atoms with Crippen molar-refractivity contribution in [2.75, 3.05) is 6.61 Å². The number of hydrogen-bond donors (Lipinski definition) is 1. The molecular weight excluding hydrogens is 306 g/mol. The quantitative estimate of drug-likeness (QED) is 0.571. The maximum absolute atomic E-state index is 10.8. The lowest BCUT2D eigenvalue weighted by atomic mass is 10.1. The summed E-state index contributed by atoms with van der Waals surface area (Å²) in [5.41, 5.74) is 2.03. The van der Waals surface area contributed by atoms with E-state index in [1.54, 1.807) is 30.5 Å². The molecule has 1 N–H and O–H groups in total. The molecule has 0 amide bonds. The van der Waals surface area contributed by atoms with Gasteiger partial charge in [-0.05, 0) is 18.1 Å². The maximum atomic E-state index is 10.8. The minimum Gasteiger partial charge on any atom is -0.396 e. The zero-order valence-corrected chi connectivity index (χ0v) is 12.8. The lowest BCUT2D eigenvalue weighted by Gasteiger charge is -2.03. The van der Waals surface area contributed by atoms with Crippen LogP contribution in [-0.2, 0) is 13.0 Å². The lowest BCUT2D eigenvalue weighted by Crippen LogP contribution is -2.06. The molecule has 0 radical (unpaired) electrons. The Balaban J connectivity index is 1.73. The molecular formula is C18H15N3O3. The first-order valence-corrected chi connectivity index (χ1v) is 7.42. The van der Waals surface area contributed by atoms with E-state index >= 15 is 0 Å². The number of imidazole rings is 1. The standard InChI is InChI=1S/C18H15N3O3/c22-9-6-18-19-7-8-21(18)12-16-11-17(24-20-16)5-4-14-2-1-3-15(10-14)13-23/h1-3,7-8,10-11,13,22H,6,9,12H2. The summed E-state index contributed by atoms with van der Waals surface area (Å²) in [5.74, 6) is 7.08. The van der Waals surface area contributed by atoms with Crippen molar-refractivity contribution >= 4 is 6.29 Å². The van der Waals surface area contributed by atoms with Crippen LogP contribution in [-0.4, -0.2) is 32.7 Å². The van der Waals surface area contributed by atoms with Gasteiger partial charge in [0.1, 0.15) is 17.8 Å². The first-order valence-electron chi connectivity index (χ1n) is 7.42. The highest BCUT2D eigenvalue weighted by Gasteiger charge is 2.07. The van der Waals surface area contributed by atoms with Crippen LogP contribution in [0.2, 0.25) is 0 Å². The molecule has 0 unspecified atom stereocenters. The largest absolute Gasteiger partial charge is 0.396 e. The number of carbonyl (C=O) groups excluding carboxylic acids is 1. The van der Waals surface area contributed by atoms with Crippen LogP contribution in [0.4, 0.5) is 0 Å². The zero-order valence-electron chi connectivity index (χ0n) is 12.8. The molecule has 2 heterocycles. The molecule has 0 saturated heterocycles. The van der Waals surface area contributed by atoms with E-state index in [2.05, 4.69) is 22.0 Å². The van der Waals surface area contributed by atoms with E-state index in [0.717, 1.165) is 23.4 Å². The first-order chi connectivity index (χ1) is 11.8. The van der Waals surface area contributed by atoms with E-state index in [1.165, 1.54) is 0 Å². The molecule has 120 valence electrons. The summed E-state index contributed by atoms with van der Waals surface area (Å²) < 4.78 is 7.12. The molecule has 0 atom stereocenters. The summed E-state index contributed by atoms with van der Waals surface area (Å²) in [4.78, 5) is 15.0. The van der Waals surface area contributed by atoms with Crippen LogP contribution in [0, 0.1) is 11.8 Å². The number of benzene rings is 1. The molecule has 2 aromatic heterocycles. The van der Waals surface area contributed by atoms with Gasteiger partial charge in [-0.25, -0.2) is 4.98 Å². The second-order valence-corrected chi connectivity index (χ2v) is 5.12. The van der Waals surface area contributed by atoms with E-state index in [1.807, 2.05) is 16.8 Å². The van der Waals surface area contributed by atoms with Crippen molar-refractivity contribution in [3.05, 3.63) is 71.1 Å². The maximum Gasteiger partial charge on any atom is 0.210 e. The SMILES string of the molecule is O=Cc1cccc(C#Cc2cc(Cn3ccnc3CCO)no2)c1. The lowest BCUT2D eigenvalue weighted by molar-refractivity contribution is 0.112. The number of aromatic nitrogens is 3. The molecule has 3 aromatic rings. The van der Waals surface area contributed by atoms with Crippen LogP contribution in [0.3, 0.4) is 0 Å². The van der Waals surface area contributed by atoms with E-state index in [4.69, 9.17) is 9.63 Å². The van der Waals surface area contributed by atoms with Gasteiger partial charge in [0.2, 0.25) is 5.76 Å². The molecule has 6 heteroatoms. The van der Waals surface area contributed by atoms with Crippen molar-refractivity contribution in [1.82, 2.24) is 14.7 Å². The van der Waals surface area contributed by atoms with Gasteiger partial charge in [-0.1, -0.05) is 23.2 Å². The topological polar surface area (TPSA) is 81.2 Å². The molecule has 0 bridgehead atoms. The van der Waals surface area contributed by atoms with Gasteiger partial charge in [-0.3, -0.25) is 4.79 Å². The van der Waals surface area contributed by atoms with Gasteiger partial charge < -0.3 is 14.2 Å². The number of aliphatic hydroxyl groups excluding tert-OH is 1. The Labute approximate surface area is 138 Å². The summed E-state index contributed by atoms with van der Waals surface area (Å²) in [6.45, 7) is 0.549. The molecule has 0 aliphatic heterocycles. The number of carbonyl (C=O) groups is 1. The molecule has 0 spiro atoms. The van der Waals surface area contributed by atoms with Crippen LogP contribution in [0.15, 0.2) is 47.2 Å². The fourth-order valence-corrected chi connectivity index (χ4v) is 2.26. The molecule has 6 nitrogen and oxygen atoms in total. The fraction of sp³-hybridized carbons (Fsp3) is 0.167. The highest BCUT2D eigenvalue weighted by atomic mass is 16.5. The van der Waals surface area contributed by atoms with Gasteiger partial charge in [0.25, 0.3) is 0 Å². The Morgan fingerprint density at radius 3 is 3.04 bits per heavy atom. The number of aldehydes is 1. The smallest absolute Gasteiger partial charge is 0.210 e. The third-order valence-corrected chi connectivity index (χ3v) is 3.38. The number of nitrogens with zero attached hydrogens (tertiary/aromatic N) is 3. The van der Waals surface area contributed by atoms with E-state index in [0.29, 0.717) is 24.3 Å². The minimum absolute atomic E-state index is 0.0480. The first kappa shape index (κ1) is 15.7. The number of rotatable bonds is 5. The predicted molar refractivity (Wildman–Crippen MR) is 86.4 cm³/mol. The van der Waals surface area contributed by atoms with Crippen molar-refractivity contribution in [3.8, 4) is 11.8 Å². The monoisotopic (exact) mass is 321 g/mol. The van der Waals surface area contributed by atoms with Gasteiger partial charge in [0.15, 0.2) is 0 Å². The summed E-state index contributed by atoms with van der Waals surface area (Å²) in [6, 6.07) is 8.80. The van der Waals surface area contributed by atoms with Crippen LogP contribution in [0.5, 0.6) is 0 Å². The second-order valence-electron chi connectivity index (χ2n) is 5.12. The Bertz CT molecular complexity index is 899. The van der Waals surface area contributed by atoms with Gasteiger partial charge in [0, 0.05) is 36.0 Å². The van der Waals surface area contributed by atoms with Crippen LogP contribution >= 0.6 is 0 Å². The van der Waals surface area contributed by atoms with Crippen LogP contribution < -0.4 is 0 Å². The summed E-state index contributed by atoms with van der Waals surface area (Å²) >= 11 is 0. The molecule has 3 rings (SSSR count). The molecule has 1 aromatic carbocycles. The van der Waals surface area contributed by atoms with Crippen molar-refractivity contribution < 1.29 is 14.4 Å². The van der Waals surface area contributed by atoms with Gasteiger partial charge in [0.05, 0.1) is 13.2 Å². The van der Waals surface area contributed by atoms with Crippen molar-refractivity contribution in [2.24, 2.45) is 0 Å².